The molecule has 0 N–H and O–H groups in total. The maximum atomic E-state index is 14.6. The number of carbonyl (C=O) groups is 2. The standard InChI is InChI=1S/C34H40F2N4O3/c1-26(41)40-16-8-15-38(24-27-9-3-2-4-10-27)17-18-39(25-29-22-31(35)32(36)23-33(29)40)34(42)28-11-7-12-30(21-28)43-20-19-37-13-5-6-14-37/h2-4,7,9-12,21-23H,5-6,8,13-20,24-25H2,1H3. The third-order valence-corrected chi connectivity index (χ3v) is 8.19. The summed E-state index contributed by atoms with van der Waals surface area (Å²) < 4.78 is 35.0. The zero-order valence-electron chi connectivity index (χ0n) is 24.8. The fourth-order valence-electron chi connectivity index (χ4n) is 5.89. The number of anilines is 1. The molecule has 43 heavy (non-hydrogen) atoms. The molecule has 1 fully saturated rings. The summed E-state index contributed by atoms with van der Waals surface area (Å²) in [7, 11) is 0. The van der Waals surface area contributed by atoms with E-state index in [-0.39, 0.29) is 18.4 Å². The van der Waals surface area contributed by atoms with Crippen molar-refractivity contribution < 1.29 is 23.1 Å². The van der Waals surface area contributed by atoms with E-state index in [4.69, 9.17) is 4.74 Å². The third-order valence-electron chi connectivity index (χ3n) is 8.19. The van der Waals surface area contributed by atoms with Gasteiger partial charge in [0, 0.05) is 64.4 Å². The fraction of sp³-hybridized carbons (Fsp3) is 0.412. The van der Waals surface area contributed by atoms with Crippen molar-refractivity contribution in [2.45, 2.75) is 39.3 Å². The Morgan fingerprint density at radius 2 is 1.53 bits per heavy atom. The maximum absolute atomic E-state index is 14.6. The number of halogens is 2. The number of benzene rings is 3. The Balaban J connectivity index is 1.41. The summed E-state index contributed by atoms with van der Waals surface area (Å²) in [6, 6.07) is 19.4. The minimum absolute atomic E-state index is 0.0222. The van der Waals surface area contributed by atoms with Crippen LogP contribution in [-0.2, 0) is 17.9 Å². The Hall–Kier alpha value is -3.82. The zero-order valence-corrected chi connectivity index (χ0v) is 24.8. The van der Waals surface area contributed by atoms with E-state index in [0.717, 1.165) is 37.3 Å². The number of rotatable bonds is 7. The first-order valence-electron chi connectivity index (χ1n) is 15.1. The van der Waals surface area contributed by atoms with Crippen LogP contribution in [0.15, 0.2) is 66.7 Å². The van der Waals surface area contributed by atoms with E-state index in [2.05, 4.69) is 21.9 Å². The SMILES string of the molecule is CC(=O)N1CCCN(Cc2ccccc2)CCN(C(=O)c2cccc(OCCN3CCCC3)c2)Cc2cc(F)c(F)cc21. The fourth-order valence-corrected chi connectivity index (χ4v) is 5.89. The lowest BCUT2D eigenvalue weighted by molar-refractivity contribution is -0.116. The van der Waals surface area contributed by atoms with E-state index in [1.54, 1.807) is 23.1 Å². The van der Waals surface area contributed by atoms with Crippen molar-refractivity contribution in [3.05, 3.63) is 95.1 Å². The van der Waals surface area contributed by atoms with Crippen molar-refractivity contribution in [3.63, 3.8) is 0 Å². The van der Waals surface area contributed by atoms with Gasteiger partial charge in [0.15, 0.2) is 11.6 Å². The molecular formula is C34H40F2N4O3. The van der Waals surface area contributed by atoms with Crippen LogP contribution >= 0.6 is 0 Å². The Labute approximate surface area is 252 Å². The highest BCUT2D eigenvalue weighted by Crippen LogP contribution is 2.28. The van der Waals surface area contributed by atoms with Crippen LogP contribution in [0.4, 0.5) is 14.5 Å². The molecule has 3 aromatic carbocycles. The van der Waals surface area contributed by atoms with Crippen molar-refractivity contribution >= 4 is 17.5 Å². The van der Waals surface area contributed by atoms with Gasteiger partial charge in [0.05, 0.1) is 5.69 Å². The van der Waals surface area contributed by atoms with Gasteiger partial charge in [0.25, 0.3) is 5.91 Å². The van der Waals surface area contributed by atoms with E-state index in [1.807, 2.05) is 24.3 Å². The van der Waals surface area contributed by atoms with Crippen LogP contribution in [0.2, 0.25) is 0 Å². The van der Waals surface area contributed by atoms with Crippen LogP contribution in [0, 0.1) is 11.6 Å². The van der Waals surface area contributed by atoms with Crippen LogP contribution in [0.25, 0.3) is 0 Å². The van der Waals surface area contributed by atoms with Gasteiger partial charge in [0.1, 0.15) is 12.4 Å². The van der Waals surface area contributed by atoms with Gasteiger partial charge in [0.2, 0.25) is 5.91 Å². The van der Waals surface area contributed by atoms with E-state index in [0.29, 0.717) is 68.3 Å². The smallest absolute Gasteiger partial charge is 0.254 e. The van der Waals surface area contributed by atoms with E-state index in [9.17, 15) is 18.4 Å². The zero-order chi connectivity index (χ0) is 30.2. The molecule has 228 valence electrons. The summed E-state index contributed by atoms with van der Waals surface area (Å²) in [6.07, 6.45) is 3.06. The normalized spacial score (nSPS) is 16.9. The third kappa shape index (κ3) is 8.18. The van der Waals surface area contributed by atoms with Gasteiger partial charge in [-0.15, -0.1) is 0 Å². The predicted molar refractivity (Wildman–Crippen MR) is 163 cm³/mol. The number of hydrogen-bond donors (Lipinski definition) is 0. The Morgan fingerprint density at radius 1 is 0.791 bits per heavy atom. The minimum atomic E-state index is -1.03. The number of likely N-dealkylation sites (tertiary alicyclic amines) is 1. The lowest BCUT2D eigenvalue weighted by Crippen LogP contribution is -2.38. The molecule has 2 amide bonds. The molecule has 0 saturated carbocycles. The molecule has 7 nitrogen and oxygen atoms in total. The van der Waals surface area contributed by atoms with Gasteiger partial charge in [-0.3, -0.25) is 19.4 Å². The molecule has 1 saturated heterocycles. The molecule has 0 aliphatic carbocycles. The van der Waals surface area contributed by atoms with Crippen LogP contribution in [0.1, 0.15) is 47.7 Å². The van der Waals surface area contributed by atoms with Crippen LogP contribution < -0.4 is 9.64 Å². The van der Waals surface area contributed by atoms with Crippen LogP contribution in [0.5, 0.6) is 5.75 Å². The first-order valence-corrected chi connectivity index (χ1v) is 15.1. The molecule has 0 spiro atoms. The van der Waals surface area contributed by atoms with E-state index >= 15 is 0 Å². The van der Waals surface area contributed by atoms with Crippen molar-refractivity contribution in [1.29, 1.82) is 0 Å². The van der Waals surface area contributed by atoms with Crippen molar-refractivity contribution in [2.24, 2.45) is 0 Å². The first-order chi connectivity index (χ1) is 20.9. The van der Waals surface area contributed by atoms with Gasteiger partial charge < -0.3 is 14.5 Å². The van der Waals surface area contributed by atoms with Crippen LogP contribution in [0.3, 0.4) is 0 Å². The molecule has 0 unspecified atom stereocenters. The van der Waals surface area contributed by atoms with E-state index < -0.39 is 11.6 Å². The highest BCUT2D eigenvalue weighted by Gasteiger charge is 2.25. The molecule has 0 radical (unpaired) electrons. The lowest BCUT2D eigenvalue weighted by atomic mass is 10.1. The highest BCUT2D eigenvalue weighted by molar-refractivity contribution is 5.95. The van der Waals surface area contributed by atoms with Crippen molar-refractivity contribution in [2.75, 3.05) is 57.3 Å². The molecule has 2 aliphatic rings. The monoisotopic (exact) mass is 590 g/mol. The number of nitrogens with zero attached hydrogens (tertiary/aromatic N) is 4. The molecule has 9 heteroatoms. The molecule has 2 aliphatic heterocycles. The molecule has 0 aromatic heterocycles. The number of carbonyl (C=O) groups excluding carboxylic acids is 2. The average Bonchev–Trinajstić information content (AvgIpc) is 3.51. The lowest BCUT2D eigenvalue weighted by Gasteiger charge is -2.28. The molecule has 0 bridgehead atoms. The number of fused-ring (bicyclic) bond motifs is 1. The van der Waals surface area contributed by atoms with Gasteiger partial charge in [-0.25, -0.2) is 8.78 Å². The van der Waals surface area contributed by atoms with Crippen molar-refractivity contribution in [3.8, 4) is 5.75 Å². The molecule has 5 rings (SSSR count). The van der Waals surface area contributed by atoms with Gasteiger partial charge in [-0.1, -0.05) is 36.4 Å². The van der Waals surface area contributed by atoms with Gasteiger partial charge in [-0.05, 0) is 67.7 Å². The second-order valence-corrected chi connectivity index (χ2v) is 11.3. The quantitative estimate of drug-likeness (QED) is 0.372. The Bertz CT molecular complexity index is 1400. The molecule has 3 aromatic rings. The van der Waals surface area contributed by atoms with Gasteiger partial charge in [-0.2, -0.15) is 0 Å². The summed E-state index contributed by atoms with van der Waals surface area (Å²) in [5.74, 6) is -1.93. The summed E-state index contributed by atoms with van der Waals surface area (Å²) in [5, 5.41) is 0. The Morgan fingerprint density at radius 3 is 2.30 bits per heavy atom. The minimum Gasteiger partial charge on any atom is -0.492 e. The summed E-state index contributed by atoms with van der Waals surface area (Å²) >= 11 is 0. The average molecular weight is 591 g/mol. The molecule has 2 heterocycles. The second kappa shape index (κ2) is 14.6. The highest BCUT2D eigenvalue weighted by atomic mass is 19.2. The second-order valence-electron chi connectivity index (χ2n) is 11.3. The number of amides is 2. The summed E-state index contributed by atoms with van der Waals surface area (Å²) in [4.78, 5) is 34.5. The van der Waals surface area contributed by atoms with Crippen LogP contribution in [-0.4, -0.2) is 78.9 Å². The predicted octanol–water partition coefficient (Wildman–Crippen LogP) is 5.34. The molecular weight excluding hydrogens is 550 g/mol. The Kier molecular flexibility index (Phi) is 10.4. The topological polar surface area (TPSA) is 56.3 Å². The number of hydrogen-bond acceptors (Lipinski definition) is 5. The van der Waals surface area contributed by atoms with Gasteiger partial charge >= 0.3 is 0 Å². The number of ether oxygens (including phenoxy) is 1. The van der Waals surface area contributed by atoms with E-state index in [1.165, 1.54) is 24.7 Å². The first kappa shape index (κ1) is 30.6. The summed E-state index contributed by atoms with van der Waals surface area (Å²) in [5.41, 5.74) is 2.28. The maximum Gasteiger partial charge on any atom is 0.254 e. The largest absolute Gasteiger partial charge is 0.492 e. The van der Waals surface area contributed by atoms with Crippen molar-refractivity contribution in [1.82, 2.24) is 14.7 Å². The molecule has 0 atom stereocenters. The summed E-state index contributed by atoms with van der Waals surface area (Å²) in [6.45, 7) is 7.64.